The summed E-state index contributed by atoms with van der Waals surface area (Å²) in [5.41, 5.74) is 0. The van der Waals surface area contributed by atoms with Gasteiger partial charge in [-0.2, -0.15) is 0 Å². The maximum absolute atomic E-state index is 12.3. The Bertz CT molecular complexity index is 345. The molecule has 5 nitrogen and oxygen atoms in total. The third kappa shape index (κ3) is 4.99. The Hall–Kier alpha value is -1.10. The quantitative estimate of drug-likeness (QED) is 0.552. The first-order valence-corrected chi connectivity index (χ1v) is 8.37. The van der Waals surface area contributed by atoms with Crippen molar-refractivity contribution in [2.24, 2.45) is 5.92 Å². The van der Waals surface area contributed by atoms with E-state index in [9.17, 15) is 9.59 Å². The number of likely N-dealkylation sites (tertiary alicyclic amines) is 2. The average molecular weight is 296 g/mol. The number of nitrogens with zero attached hydrogens (tertiary/aromatic N) is 2. The van der Waals surface area contributed by atoms with Crippen LogP contribution in [0.2, 0.25) is 0 Å². The van der Waals surface area contributed by atoms with Crippen LogP contribution in [0.1, 0.15) is 45.4 Å². The van der Waals surface area contributed by atoms with Gasteiger partial charge in [0.15, 0.2) is 0 Å². The van der Waals surface area contributed by atoms with E-state index in [4.69, 9.17) is 4.74 Å². The molecule has 0 aromatic heterocycles. The second-order valence-corrected chi connectivity index (χ2v) is 6.16. The first-order valence-electron chi connectivity index (χ1n) is 8.37. The SMILES string of the molecule is CCCCOC(=O)CN1CCC(C(=O)N2CCCC2)CC1. The number of carbonyl (C=O) groups excluding carboxylic acids is 2. The lowest BCUT2D eigenvalue weighted by Crippen LogP contribution is -2.43. The van der Waals surface area contributed by atoms with Gasteiger partial charge in [-0.25, -0.2) is 0 Å². The lowest BCUT2D eigenvalue weighted by molar-refractivity contribution is -0.145. The van der Waals surface area contributed by atoms with Crippen LogP contribution < -0.4 is 0 Å². The number of amides is 1. The van der Waals surface area contributed by atoms with Crippen molar-refractivity contribution < 1.29 is 14.3 Å². The number of piperidine rings is 1. The maximum atomic E-state index is 12.3. The molecule has 21 heavy (non-hydrogen) atoms. The molecule has 2 heterocycles. The summed E-state index contributed by atoms with van der Waals surface area (Å²) in [5, 5.41) is 0. The Morgan fingerprint density at radius 3 is 2.38 bits per heavy atom. The highest BCUT2D eigenvalue weighted by Gasteiger charge is 2.30. The van der Waals surface area contributed by atoms with Crippen molar-refractivity contribution in [1.29, 1.82) is 0 Å². The van der Waals surface area contributed by atoms with Crippen LogP contribution in [0.25, 0.3) is 0 Å². The lowest BCUT2D eigenvalue weighted by atomic mass is 9.95. The minimum Gasteiger partial charge on any atom is -0.465 e. The van der Waals surface area contributed by atoms with E-state index in [2.05, 4.69) is 11.8 Å². The number of hydrogen-bond donors (Lipinski definition) is 0. The fraction of sp³-hybridized carbons (Fsp3) is 0.875. The van der Waals surface area contributed by atoms with E-state index in [0.717, 1.165) is 64.7 Å². The fourth-order valence-electron chi connectivity index (χ4n) is 3.09. The molecular weight excluding hydrogens is 268 g/mol. The summed E-state index contributed by atoms with van der Waals surface area (Å²) in [6.07, 6.45) is 6.01. The molecule has 1 amide bonds. The zero-order valence-electron chi connectivity index (χ0n) is 13.2. The molecule has 0 spiro atoms. The number of carbonyl (C=O) groups is 2. The van der Waals surface area contributed by atoms with Crippen LogP contribution in [0.5, 0.6) is 0 Å². The average Bonchev–Trinajstić information content (AvgIpc) is 3.02. The monoisotopic (exact) mass is 296 g/mol. The number of hydrogen-bond acceptors (Lipinski definition) is 4. The van der Waals surface area contributed by atoms with Crippen molar-refractivity contribution in [1.82, 2.24) is 9.80 Å². The first kappa shape index (κ1) is 16.3. The molecule has 0 unspecified atom stereocenters. The summed E-state index contributed by atoms with van der Waals surface area (Å²) in [7, 11) is 0. The van der Waals surface area contributed by atoms with Crippen LogP contribution >= 0.6 is 0 Å². The smallest absolute Gasteiger partial charge is 0.320 e. The van der Waals surface area contributed by atoms with E-state index in [1.54, 1.807) is 0 Å². The van der Waals surface area contributed by atoms with Gasteiger partial charge in [-0.15, -0.1) is 0 Å². The van der Waals surface area contributed by atoms with Crippen molar-refractivity contribution in [2.75, 3.05) is 39.3 Å². The van der Waals surface area contributed by atoms with Gasteiger partial charge in [0.25, 0.3) is 0 Å². The number of rotatable bonds is 6. The largest absolute Gasteiger partial charge is 0.465 e. The van der Waals surface area contributed by atoms with Crippen LogP contribution in [0.3, 0.4) is 0 Å². The fourth-order valence-corrected chi connectivity index (χ4v) is 3.09. The Morgan fingerprint density at radius 2 is 1.76 bits per heavy atom. The standard InChI is InChI=1S/C16H28N2O3/c1-2-3-12-21-15(19)13-17-10-6-14(7-11-17)16(20)18-8-4-5-9-18/h14H,2-13H2,1H3. The van der Waals surface area contributed by atoms with Gasteiger partial charge >= 0.3 is 5.97 Å². The highest BCUT2D eigenvalue weighted by molar-refractivity contribution is 5.79. The number of esters is 1. The maximum Gasteiger partial charge on any atom is 0.320 e. The van der Waals surface area contributed by atoms with E-state index >= 15 is 0 Å². The molecule has 120 valence electrons. The minimum absolute atomic E-state index is 0.132. The Morgan fingerprint density at radius 1 is 1.10 bits per heavy atom. The molecule has 0 saturated carbocycles. The summed E-state index contributed by atoms with van der Waals surface area (Å²) in [6.45, 7) is 6.50. The predicted molar refractivity (Wildman–Crippen MR) is 80.8 cm³/mol. The van der Waals surface area contributed by atoms with Gasteiger partial charge in [0, 0.05) is 19.0 Å². The van der Waals surface area contributed by atoms with E-state index in [1.807, 2.05) is 4.90 Å². The van der Waals surface area contributed by atoms with E-state index in [-0.39, 0.29) is 11.9 Å². The highest BCUT2D eigenvalue weighted by Crippen LogP contribution is 2.21. The molecule has 0 N–H and O–H groups in total. The van der Waals surface area contributed by atoms with Crippen LogP contribution in [-0.2, 0) is 14.3 Å². The summed E-state index contributed by atoms with van der Waals surface area (Å²) in [5.74, 6) is 0.362. The Balaban J connectivity index is 1.65. The molecule has 0 atom stereocenters. The van der Waals surface area contributed by atoms with Gasteiger partial charge in [0.2, 0.25) is 5.91 Å². The summed E-state index contributed by atoms with van der Waals surface area (Å²) >= 11 is 0. The van der Waals surface area contributed by atoms with Crippen LogP contribution in [0.15, 0.2) is 0 Å². The minimum atomic E-state index is -0.132. The highest BCUT2D eigenvalue weighted by atomic mass is 16.5. The number of unbranched alkanes of at least 4 members (excludes halogenated alkanes) is 1. The van der Waals surface area contributed by atoms with Gasteiger partial charge in [-0.05, 0) is 45.2 Å². The molecule has 0 bridgehead atoms. The Labute approximate surface area is 127 Å². The Kier molecular flexibility index (Phi) is 6.49. The van der Waals surface area contributed by atoms with Crippen molar-refractivity contribution in [3.05, 3.63) is 0 Å². The summed E-state index contributed by atoms with van der Waals surface area (Å²) < 4.78 is 5.18. The van der Waals surface area contributed by atoms with Crippen molar-refractivity contribution in [3.63, 3.8) is 0 Å². The zero-order valence-corrected chi connectivity index (χ0v) is 13.2. The van der Waals surface area contributed by atoms with Crippen molar-refractivity contribution >= 4 is 11.9 Å². The molecule has 0 aromatic carbocycles. The van der Waals surface area contributed by atoms with Gasteiger partial charge in [-0.1, -0.05) is 13.3 Å². The van der Waals surface area contributed by atoms with E-state index < -0.39 is 0 Å². The van der Waals surface area contributed by atoms with E-state index in [1.165, 1.54) is 0 Å². The third-order valence-corrected chi connectivity index (χ3v) is 4.47. The molecular formula is C16H28N2O3. The van der Waals surface area contributed by atoms with Crippen molar-refractivity contribution in [2.45, 2.75) is 45.4 Å². The summed E-state index contributed by atoms with van der Waals surface area (Å²) in [6, 6.07) is 0. The van der Waals surface area contributed by atoms with Gasteiger partial charge < -0.3 is 9.64 Å². The zero-order chi connectivity index (χ0) is 15.1. The number of ether oxygens (including phenoxy) is 1. The molecule has 0 aliphatic carbocycles. The first-order chi connectivity index (χ1) is 10.2. The molecule has 2 aliphatic heterocycles. The van der Waals surface area contributed by atoms with Gasteiger partial charge in [0.05, 0.1) is 13.2 Å². The van der Waals surface area contributed by atoms with E-state index in [0.29, 0.717) is 19.1 Å². The van der Waals surface area contributed by atoms with Gasteiger partial charge in [-0.3, -0.25) is 14.5 Å². The summed E-state index contributed by atoms with van der Waals surface area (Å²) in [4.78, 5) is 28.1. The van der Waals surface area contributed by atoms with Crippen LogP contribution in [0.4, 0.5) is 0 Å². The van der Waals surface area contributed by atoms with Crippen LogP contribution in [0, 0.1) is 5.92 Å². The van der Waals surface area contributed by atoms with Gasteiger partial charge in [0.1, 0.15) is 0 Å². The molecule has 2 fully saturated rings. The topological polar surface area (TPSA) is 49.9 Å². The molecule has 0 radical (unpaired) electrons. The predicted octanol–water partition coefficient (Wildman–Crippen LogP) is 1.66. The lowest BCUT2D eigenvalue weighted by Gasteiger charge is -2.32. The third-order valence-electron chi connectivity index (χ3n) is 4.47. The normalized spacial score (nSPS) is 20.7. The second-order valence-electron chi connectivity index (χ2n) is 6.16. The molecule has 2 aliphatic rings. The molecule has 2 rings (SSSR count). The molecule has 2 saturated heterocycles. The van der Waals surface area contributed by atoms with Crippen LogP contribution in [-0.4, -0.2) is 61.0 Å². The molecule has 0 aromatic rings. The van der Waals surface area contributed by atoms with Crippen molar-refractivity contribution in [3.8, 4) is 0 Å². The second kappa shape index (κ2) is 8.37. The molecule has 5 heteroatoms.